The second-order valence-corrected chi connectivity index (χ2v) is 5.66. The number of aryl methyl sites for hydroxylation is 1. The number of carbonyl (C=O) groups excluding carboxylic acids is 1. The van der Waals surface area contributed by atoms with Gasteiger partial charge >= 0.3 is 0 Å². The predicted octanol–water partition coefficient (Wildman–Crippen LogP) is 2.93. The number of hydrogen-bond donors (Lipinski definition) is 1. The van der Waals surface area contributed by atoms with Crippen LogP contribution >= 0.6 is 0 Å². The normalized spacial score (nSPS) is 10.8. The molecule has 1 amide bonds. The zero-order chi connectivity index (χ0) is 18.1. The number of anilines is 1. The van der Waals surface area contributed by atoms with Crippen LogP contribution in [0.25, 0.3) is 16.7 Å². The highest BCUT2D eigenvalue weighted by Gasteiger charge is 2.12. The monoisotopic (exact) mass is 346 g/mol. The van der Waals surface area contributed by atoms with Gasteiger partial charge in [-0.05, 0) is 49.4 Å². The van der Waals surface area contributed by atoms with E-state index in [-0.39, 0.29) is 17.2 Å². The number of aromatic nitrogens is 3. The third kappa shape index (κ3) is 2.75. The molecule has 128 valence electrons. The number of furan rings is 1. The van der Waals surface area contributed by atoms with Crippen LogP contribution in [0.15, 0.2) is 70.2 Å². The van der Waals surface area contributed by atoms with Crippen LogP contribution in [0.1, 0.15) is 16.4 Å². The maximum atomic E-state index is 12.9. The number of carbonyl (C=O) groups is 1. The van der Waals surface area contributed by atoms with Crippen molar-refractivity contribution in [3.05, 3.63) is 82.9 Å². The number of hydrogen-bond acceptors (Lipinski definition) is 5. The first kappa shape index (κ1) is 15.8. The zero-order valence-corrected chi connectivity index (χ0v) is 13.8. The van der Waals surface area contributed by atoms with Crippen LogP contribution < -0.4 is 10.9 Å². The van der Waals surface area contributed by atoms with E-state index in [1.165, 1.54) is 10.8 Å². The first-order chi connectivity index (χ1) is 12.6. The van der Waals surface area contributed by atoms with Gasteiger partial charge in [0.2, 0.25) is 0 Å². The number of nitrogens with one attached hydrogen (secondary N) is 1. The van der Waals surface area contributed by atoms with E-state index in [0.29, 0.717) is 28.2 Å². The highest BCUT2D eigenvalue weighted by atomic mass is 16.3. The lowest BCUT2D eigenvalue weighted by molar-refractivity contribution is 0.0996. The van der Waals surface area contributed by atoms with E-state index in [4.69, 9.17) is 4.42 Å². The van der Waals surface area contributed by atoms with Crippen molar-refractivity contribution in [1.29, 1.82) is 0 Å². The predicted molar refractivity (Wildman–Crippen MR) is 96.5 cm³/mol. The molecule has 4 rings (SSSR count). The lowest BCUT2D eigenvalue weighted by atomic mass is 10.2. The van der Waals surface area contributed by atoms with E-state index in [0.717, 1.165) is 0 Å². The highest BCUT2D eigenvalue weighted by Crippen LogP contribution is 2.17. The fraction of sp³-hybridized carbons (Fsp3) is 0.0526. The quantitative estimate of drug-likeness (QED) is 0.616. The van der Waals surface area contributed by atoms with Crippen molar-refractivity contribution in [3.8, 4) is 5.69 Å². The number of amides is 1. The minimum Gasteiger partial charge on any atom is -0.459 e. The molecule has 0 spiro atoms. The molecule has 0 fully saturated rings. The van der Waals surface area contributed by atoms with Crippen LogP contribution in [0.4, 0.5) is 5.69 Å². The van der Waals surface area contributed by atoms with Gasteiger partial charge in [-0.25, -0.2) is 9.97 Å². The summed E-state index contributed by atoms with van der Waals surface area (Å²) in [6.45, 7) is 1.74. The maximum absolute atomic E-state index is 12.9. The van der Waals surface area contributed by atoms with Gasteiger partial charge < -0.3 is 9.73 Å². The largest absolute Gasteiger partial charge is 0.459 e. The Morgan fingerprint density at radius 3 is 2.85 bits per heavy atom. The van der Waals surface area contributed by atoms with Gasteiger partial charge in [-0.1, -0.05) is 6.07 Å². The number of pyridine rings is 1. The number of benzene rings is 1. The van der Waals surface area contributed by atoms with Crippen LogP contribution in [0.3, 0.4) is 0 Å². The van der Waals surface area contributed by atoms with Crippen molar-refractivity contribution in [2.75, 3.05) is 5.32 Å². The van der Waals surface area contributed by atoms with Crippen LogP contribution in [-0.4, -0.2) is 20.4 Å². The molecule has 4 aromatic rings. The molecule has 0 bridgehead atoms. The summed E-state index contributed by atoms with van der Waals surface area (Å²) in [6, 6.07) is 13.6. The Bertz CT molecular complexity index is 1160. The van der Waals surface area contributed by atoms with Crippen molar-refractivity contribution >= 4 is 22.6 Å². The standard InChI is InChI=1S/C19H14N4O3/c1-12-21-17-15(7-3-9-20-17)19(25)23(12)14-6-2-5-13(11-14)22-18(24)16-8-4-10-26-16/h2-11H,1H3,(H,22,24). The van der Waals surface area contributed by atoms with Gasteiger partial charge in [-0.15, -0.1) is 0 Å². The smallest absolute Gasteiger partial charge is 0.291 e. The first-order valence-corrected chi connectivity index (χ1v) is 7.93. The van der Waals surface area contributed by atoms with Crippen molar-refractivity contribution in [2.24, 2.45) is 0 Å². The molecule has 0 radical (unpaired) electrons. The number of nitrogens with zero attached hydrogens (tertiary/aromatic N) is 3. The van der Waals surface area contributed by atoms with Crippen LogP contribution in [0.2, 0.25) is 0 Å². The van der Waals surface area contributed by atoms with E-state index >= 15 is 0 Å². The molecule has 3 heterocycles. The number of rotatable bonds is 3. The van der Waals surface area contributed by atoms with Gasteiger partial charge in [-0.3, -0.25) is 14.2 Å². The summed E-state index contributed by atoms with van der Waals surface area (Å²) in [4.78, 5) is 33.5. The SMILES string of the molecule is Cc1nc2ncccc2c(=O)n1-c1cccc(NC(=O)c2ccco2)c1. The molecular weight excluding hydrogens is 332 g/mol. The van der Waals surface area contributed by atoms with Gasteiger partial charge in [-0.2, -0.15) is 0 Å². The molecule has 0 atom stereocenters. The molecule has 7 heteroatoms. The zero-order valence-electron chi connectivity index (χ0n) is 13.8. The van der Waals surface area contributed by atoms with E-state index in [2.05, 4.69) is 15.3 Å². The molecule has 0 aliphatic carbocycles. The van der Waals surface area contributed by atoms with Gasteiger partial charge in [0.25, 0.3) is 11.5 Å². The highest BCUT2D eigenvalue weighted by molar-refractivity contribution is 6.02. The number of fused-ring (bicyclic) bond motifs is 1. The lowest BCUT2D eigenvalue weighted by Crippen LogP contribution is -2.22. The summed E-state index contributed by atoms with van der Waals surface area (Å²) >= 11 is 0. The van der Waals surface area contributed by atoms with Gasteiger partial charge in [0.05, 0.1) is 17.3 Å². The second-order valence-electron chi connectivity index (χ2n) is 5.66. The summed E-state index contributed by atoms with van der Waals surface area (Å²) in [6.07, 6.45) is 3.03. The molecule has 3 aromatic heterocycles. The topological polar surface area (TPSA) is 90.0 Å². The molecule has 0 aliphatic rings. The minimum absolute atomic E-state index is 0.210. The van der Waals surface area contributed by atoms with E-state index in [1.54, 1.807) is 61.7 Å². The summed E-state index contributed by atoms with van der Waals surface area (Å²) < 4.78 is 6.58. The summed E-state index contributed by atoms with van der Waals surface area (Å²) in [7, 11) is 0. The Morgan fingerprint density at radius 2 is 2.04 bits per heavy atom. The molecule has 0 aliphatic heterocycles. The van der Waals surface area contributed by atoms with Gasteiger partial charge in [0.15, 0.2) is 11.4 Å². The van der Waals surface area contributed by atoms with E-state index in [1.807, 2.05) is 0 Å². The minimum atomic E-state index is -0.364. The third-order valence-electron chi connectivity index (χ3n) is 3.92. The fourth-order valence-corrected chi connectivity index (χ4v) is 2.75. The fourth-order valence-electron chi connectivity index (χ4n) is 2.75. The Balaban J connectivity index is 1.76. The van der Waals surface area contributed by atoms with Gasteiger partial charge in [0.1, 0.15) is 5.82 Å². The van der Waals surface area contributed by atoms with Crippen molar-refractivity contribution in [1.82, 2.24) is 14.5 Å². The van der Waals surface area contributed by atoms with Gasteiger partial charge in [0, 0.05) is 11.9 Å². The van der Waals surface area contributed by atoms with E-state index < -0.39 is 0 Å². The van der Waals surface area contributed by atoms with E-state index in [9.17, 15) is 9.59 Å². The third-order valence-corrected chi connectivity index (χ3v) is 3.92. The average Bonchev–Trinajstić information content (AvgIpc) is 3.17. The van der Waals surface area contributed by atoms with Crippen LogP contribution in [0, 0.1) is 6.92 Å². The first-order valence-electron chi connectivity index (χ1n) is 7.93. The Kier molecular flexibility index (Phi) is 3.81. The average molecular weight is 346 g/mol. The molecule has 1 N–H and O–H groups in total. The molecule has 0 saturated heterocycles. The lowest BCUT2D eigenvalue weighted by Gasteiger charge is -2.12. The van der Waals surface area contributed by atoms with Crippen molar-refractivity contribution < 1.29 is 9.21 Å². The van der Waals surface area contributed by atoms with Crippen LogP contribution in [-0.2, 0) is 0 Å². The summed E-state index contributed by atoms with van der Waals surface area (Å²) in [5.74, 6) is 0.356. The van der Waals surface area contributed by atoms with Crippen LogP contribution in [0.5, 0.6) is 0 Å². The molecule has 0 unspecified atom stereocenters. The Morgan fingerprint density at radius 1 is 1.15 bits per heavy atom. The van der Waals surface area contributed by atoms with Crippen molar-refractivity contribution in [2.45, 2.75) is 6.92 Å². The summed E-state index contributed by atoms with van der Waals surface area (Å²) in [5.41, 5.74) is 1.34. The molecule has 1 aromatic carbocycles. The Labute approximate surface area is 147 Å². The molecule has 26 heavy (non-hydrogen) atoms. The molecule has 0 saturated carbocycles. The van der Waals surface area contributed by atoms with Crippen molar-refractivity contribution in [3.63, 3.8) is 0 Å². The summed E-state index contributed by atoms with van der Waals surface area (Å²) in [5, 5.41) is 3.18. The molecular formula is C19H14N4O3. The maximum Gasteiger partial charge on any atom is 0.291 e. The molecule has 7 nitrogen and oxygen atoms in total. The second kappa shape index (κ2) is 6.29. The Hall–Kier alpha value is -3.74.